The van der Waals surface area contributed by atoms with Gasteiger partial charge in [-0.1, -0.05) is 35.9 Å². The van der Waals surface area contributed by atoms with Crippen LogP contribution in [0.15, 0.2) is 71.6 Å². The Labute approximate surface area is 188 Å². The molecule has 6 nitrogen and oxygen atoms in total. The molecule has 0 spiro atoms. The maximum absolute atomic E-state index is 13.1. The highest BCUT2D eigenvalue weighted by Gasteiger charge is 2.28. The van der Waals surface area contributed by atoms with Crippen molar-refractivity contribution in [1.82, 2.24) is 4.31 Å². The van der Waals surface area contributed by atoms with E-state index in [-0.39, 0.29) is 23.8 Å². The summed E-state index contributed by atoms with van der Waals surface area (Å²) in [5.74, 6) is 0.507. The van der Waals surface area contributed by atoms with Gasteiger partial charge in [0.15, 0.2) is 0 Å². The molecule has 0 atom stereocenters. The van der Waals surface area contributed by atoms with Gasteiger partial charge in [0.2, 0.25) is 15.9 Å². The summed E-state index contributed by atoms with van der Waals surface area (Å²) in [5.41, 5.74) is 4.74. The molecular formula is C25H26N2O4S. The van der Waals surface area contributed by atoms with Crippen molar-refractivity contribution in [3.8, 4) is 5.75 Å². The third-order valence-corrected chi connectivity index (χ3v) is 7.47. The molecule has 7 heteroatoms. The summed E-state index contributed by atoms with van der Waals surface area (Å²) in [4.78, 5) is 12.7. The minimum Gasteiger partial charge on any atom is -0.497 e. The van der Waals surface area contributed by atoms with Gasteiger partial charge in [-0.25, -0.2) is 8.42 Å². The van der Waals surface area contributed by atoms with Crippen LogP contribution in [0.4, 0.5) is 5.69 Å². The monoisotopic (exact) mass is 450 g/mol. The van der Waals surface area contributed by atoms with E-state index in [1.807, 2.05) is 49.4 Å². The van der Waals surface area contributed by atoms with Gasteiger partial charge in [0, 0.05) is 18.8 Å². The summed E-state index contributed by atoms with van der Waals surface area (Å²) in [6.45, 7) is 2.68. The molecule has 0 saturated carbocycles. The fraction of sp³-hybridized carbons (Fsp3) is 0.240. The number of methoxy groups -OCH3 is 1. The first-order valence-corrected chi connectivity index (χ1v) is 11.9. The number of ether oxygens (including phenoxy) is 1. The number of fused-ring (bicyclic) bond motifs is 1. The van der Waals surface area contributed by atoms with Crippen molar-refractivity contribution >= 4 is 21.6 Å². The molecule has 1 amide bonds. The lowest BCUT2D eigenvalue weighted by Crippen LogP contribution is -2.36. The van der Waals surface area contributed by atoms with Crippen LogP contribution in [0.3, 0.4) is 0 Å². The van der Waals surface area contributed by atoms with Gasteiger partial charge in [-0.2, -0.15) is 4.31 Å². The van der Waals surface area contributed by atoms with Crippen LogP contribution in [0.1, 0.15) is 22.3 Å². The molecule has 32 heavy (non-hydrogen) atoms. The number of nitrogens with zero attached hydrogens (tertiary/aromatic N) is 1. The second kappa shape index (κ2) is 9.14. The maximum atomic E-state index is 13.1. The zero-order valence-corrected chi connectivity index (χ0v) is 19.0. The third-order valence-electron chi connectivity index (χ3n) is 5.61. The zero-order chi connectivity index (χ0) is 22.7. The molecule has 1 aliphatic rings. The average molecular weight is 451 g/mol. The Bertz CT molecular complexity index is 1240. The first-order valence-electron chi connectivity index (χ1n) is 10.5. The van der Waals surface area contributed by atoms with Crippen molar-refractivity contribution in [3.05, 3.63) is 89.0 Å². The number of carbonyl (C=O) groups excluding carboxylic acids is 1. The second-order valence-corrected chi connectivity index (χ2v) is 9.90. The highest BCUT2D eigenvalue weighted by Crippen LogP contribution is 2.28. The fourth-order valence-electron chi connectivity index (χ4n) is 3.92. The van der Waals surface area contributed by atoms with Gasteiger partial charge in [-0.05, 0) is 66.4 Å². The molecule has 0 unspecified atom stereocenters. The lowest BCUT2D eigenvalue weighted by molar-refractivity contribution is -0.115. The molecule has 166 valence electrons. The van der Waals surface area contributed by atoms with E-state index >= 15 is 0 Å². The van der Waals surface area contributed by atoms with Crippen LogP contribution in [-0.4, -0.2) is 32.3 Å². The molecule has 1 heterocycles. The minimum atomic E-state index is -3.62. The Morgan fingerprint density at radius 1 is 1.03 bits per heavy atom. The zero-order valence-electron chi connectivity index (χ0n) is 18.2. The number of benzene rings is 3. The topological polar surface area (TPSA) is 75.7 Å². The highest BCUT2D eigenvalue weighted by molar-refractivity contribution is 7.89. The van der Waals surface area contributed by atoms with Crippen LogP contribution in [-0.2, 0) is 34.2 Å². The first-order chi connectivity index (χ1) is 15.3. The van der Waals surface area contributed by atoms with Crippen LogP contribution in [0.5, 0.6) is 5.75 Å². The Hall–Kier alpha value is -3.16. The lowest BCUT2D eigenvalue weighted by atomic mass is 10.0. The molecule has 3 aromatic rings. The second-order valence-electron chi connectivity index (χ2n) is 7.96. The maximum Gasteiger partial charge on any atom is 0.243 e. The largest absolute Gasteiger partial charge is 0.497 e. The van der Waals surface area contributed by atoms with Gasteiger partial charge in [-0.15, -0.1) is 0 Å². The number of aryl methyl sites for hydroxylation is 1. The van der Waals surface area contributed by atoms with E-state index in [0.29, 0.717) is 24.4 Å². The third kappa shape index (κ3) is 4.84. The number of carbonyl (C=O) groups is 1. The Kier molecular flexibility index (Phi) is 6.30. The van der Waals surface area contributed by atoms with Gasteiger partial charge in [0.1, 0.15) is 5.75 Å². The van der Waals surface area contributed by atoms with E-state index in [1.165, 1.54) is 4.31 Å². The summed E-state index contributed by atoms with van der Waals surface area (Å²) < 4.78 is 32.8. The average Bonchev–Trinajstić information content (AvgIpc) is 2.78. The predicted octanol–water partition coefficient (Wildman–Crippen LogP) is 3.93. The Morgan fingerprint density at radius 3 is 2.53 bits per heavy atom. The molecule has 0 fully saturated rings. The molecule has 1 aliphatic heterocycles. The summed E-state index contributed by atoms with van der Waals surface area (Å²) in [7, 11) is -2.08. The van der Waals surface area contributed by atoms with Crippen LogP contribution < -0.4 is 10.1 Å². The molecule has 0 saturated heterocycles. The molecule has 1 N–H and O–H groups in total. The van der Waals surface area contributed by atoms with Gasteiger partial charge in [0.05, 0.1) is 18.4 Å². The summed E-state index contributed by atoms with van der Waals surface area (Å²) in [5, 5.41) is 2.94. The van der Waals surface area contributed by atoms with E-state index in [0.717, 1.165) is 22.3 Å². The predicted molar refractivity (Wildman–Crippen MR) is 124 cm³/mol. The molecule has 0 aromatic heterocycles. The highest BCUT2D eigenvalue weighted by atomic mass is 32.2. The number of hydrogen-bond acceptors (Lipinski definition) is 4. The van der Waals surface area contributed by atoms with Crippen LogP contribution in [0, 0.1) is 6.92 Å². The van der Waals surface area contributed by atoms with Gasteiger partial charge in [0.25, 0.3) is 0 Å². The van der Waals surface area contributed by atoms with Gasteiger partial charge >= 0.3 is 0 Å². The number of sulfonamides is 1. The molecule has 3 aromatic carbocycles. The summed E-state index contributed by atoms with van der Waals surface area (Å²) in [6.07, 6.45) is 0.916. The van der Waals surface area contributed by atoms with E-state index in [4.69, 9.17) is 4.74 Å². The van der Waals surface area contributed by atoms with Crippen molar-refractivity contribution < 1.29 is 17.9 Å². The number of hydrogen-bond donors (Lipinski definition) is 1. The standard InChI is InChI=1S/C25H26N2O4S/c1-18-4-3-5-19(14-18)15-25(28)26-22-7-6-20-12-13-27(17-21(20)16-22)32(29,30)24-10-8-23(31-2)9-11-24/h3-11,14,16H,12-13,15,17H2,1-2H3,(H,26,28). The van der Waals surface area contributed by atoms with E-state index in [1.54, 1.807) is 31.4 Å². The van der Waals surface area contributed by atoms with Crippen molar-refractivity contribution in [2.75, 3.05) is 19.0 Å². The Balaban J connectivity index is 1.48. The molecule has 0 radical (unpaired) electrons. The molecule has 0 aliphatic carbocycles. The van der Waals surface area contributed by atoms with Gasteiger partial charge in [-0.3, -0.25) is 4.79 Å². The Morgan fingerprint density at radius 2 is 1.81 bits per heavy atom. The minimum absolute atomic E-state index is 0.103. The van der Waals surface area contributed by atoms with Crippen LogP contribution >= 0.6 is 0 Å². The fourth-order valence-corrected chi connectivity index (χ4v) is 5.34. The van der Waals surface area contributed by atoms with Crippen molar-refractivity contribution in [2.45, 2.75) is 31.2 Å². The van der Waals surface area contributed by atoms with Crippen molar-refractivity contribution in [3.63, 3.8) is 0 Å². The smallest absolute Gasteiger partial charge is 0.243 e. The van der Waals surface area contributed by atoms with Crippen LogP contribution in [0.2, 0.25) is 0 Å². The normalized spacial score (nSPS) is 13.9. The summed E-state index contributed by atoms with van der Waals surface area (Å²) >= 11 is 0. The molecule has 0 bridgehead atoms. The van der Waals surface area contributed by atoms with E-state index < -0.39 is 10.0 Å². The van der Waals surface area contributed by atoms with E-state index in [2.05, 4.69) is 5.32 Å². The van der Waals surface area contributed by atoms with Crippen molar-refractivity contribution in [1.29, 1.82) is 0 Å². The number of nitrogens with one attached hydrogen (secondary N) is 1. The molecule has 4 rings (SSSR count). The summed E-state index contributed by atoms with van der Waals surface area (Å²) in [6, 6.07) is 20.0. The van der Waals surface area contributed by atoms with Crippen molar-refractivity contribution in [2.24, 2.45) is 0 Å². The number of anilines is 1. The molecular weight excluding hydrogens is 424 g/mol. The first kappa shape index (κ1) is 22.0. The van der Waals surface area contributed by atoms with E-state index in [9.17, 15) is 13.2 Å². The number of rotatable bonds is 6. The number of amides is 1. The lowest BCUT2D eigenvalue weighted by Gasteiger charge is -2.28. The van der Waals surface area contributed by atoms with Gasteiger partial charge < -0.3 is 10.1 Å². The SMILES string of the molecule is COc1ccc(S(=O)(=O)N2CCc3ccc(NC(=O)Cc4cccc(C)c4)cc3C2)cc1. The van der Waals surface area contributed by atoms with Crippen LogP contribution in [0.25, 0.3) is 0 Å². The quantitative estimate of drug-likeness (QED) is 0.617.